The minimum Gasteiger partial charge on any atom is -0.502 e. The molecule has 0 saturated carbocycles. The normalized spacial score (nSPS) is 15.2. The van der Waals surface area contributed by atoms with E-state index in [1.807, 2.05) is 0 Å². The van der Waals surface area contributed by atoms with E-state index in [-0.39, 0.29) is 17.7 Å². The molecule has 2 aromatic heterocycles. The number of benzene rings is 1. The van der Waals surface area contributed by atoms with E-state index in [0.29, 0.717) is 29.0 Å². The van der Waals surface area contributed by atoms with Gasteiger partial charge < -0.3 is 24.0 Å². The van der Waals surface area contributed by atoms with Crippen LogP contribution in [0.1, 0.15) is 48.7 Å². The van der Waals surface area contributed by atoms with Gasteiger partial charge in [0.1, 0.15) is 11.5 Å². The third-order valence-electron chi connectivity index (χ3n) is 6.20. The van der Waals surface area contributed by atoms with Crippen LogP contribution in [0.4, 0.5) is 0 Å². The molecule has 0 bridgehead atoms. The maximum atomic E-state index is 13.1. The molecule has 1 aliphatic heterocycles. The molecule has 180 valence electrons. The Balaban J connectivity index is 1.81. The highest BCUT2D eigenvalue weighted by Gasteiger charge is 2.29. The number of carbonyl (C=O) groups excluding carboxylic acids is 1. The molecule has 1 aliphatic rings. The van der Waals surface area contributed by atoms with Gasteiger partial charge in [0, 0.05) is 17.7 Å². The van der Waals surface area contributed by atoms with Gasteiger partial charge in [0.05, 0.1) is 38.6 Å². The molecule has 3 aromatic rings. The highest BCUT2D eigenvalue weighted by Crippen LogP contribution is 2.33. The third-order valence-corrected chi connectivity index (χ3v) is 6.20. The van der Waals surface area contributed by atoms with Crippen molar-refractivity contribution in [2.24, 2.45) is 0 Å². The summed E-state index contributed by atoms with van der Waals surface area (Å²) in [5.41, 5.74) is -0.366. The fraction of sp³-hybridized carbons (Fsp3) is 0.400. The van der Waals surface area contributed by atoms with Gasteiger partial charge in [-0.2, -0.15) is 0 Å². The van der Waals surface area contributed by atoms with E-state index in [9.17, 15) is 19.5 Å². The van der Waals surface area contributed by atoms with Crippen molar-refractivity contribution in [3.8, 4) is 11.5 Å². The molecular formula is C25H28N2O7. The van der Waals surface area contributed by atoms with E-state index >= 15 is 0 Å². The highest BCUT2D eigenvalue weighted by atomic mass is 16.5. The Hall–Kier alpha value is -3.59. The van der Waals surface area contributed by atoms with Gasteiger partial charge in [-0.05, 0) is 49.5 Å². The lowest BCUT2D eigenvalue weighted by Crippen LogP contribution is -2.29. The molecule has 9 heteroatoms. The van der Waals surface area contributed by atoms with Crippen LogP contribution in [0.25, 0.3) is 10.9 Å². The van der Waals surface area contributed by atoms with Crippen LogP contribution in [0.5, 0.6) is 11.5 Å². The van der Waals surface area contributed by atoms with Gasteiger partial charge in [-0.3, -0.25) is 19.3 Å². The molecule has 3 heterocycles. The Labute approximate surface area is 195 Å². The standard InChI is InChI=1S/C25H28N2O7/c1-32-16-7-6-15-10-19(25(31)26-20(15)11-16)18(13-22(29)33-2)24-23(30)21(28)12-17(34-24)14-27-8-4-3-5-9-27/h6-7,10-12,18,30H,3-5,8-9,13-14H2,1-2H3,(H,26,31)/t18-/m1/s1. The number of likely N-dealkylation sites (tertiary alicyclic amines) is 1. The van der Waals surface area contributed by atoms with Gasteiger partial charge in [0.15, 0.2) is 5.76 Å². The van der Waals surface area contributed by atoms with Crippen molar-refractivity contribution in [2.75, 3.05) is 27.3 Å². The third kappa shape index (κ3) is 4.99. The second-order valence-corrected chi connectivity index (χ2v) is 8.47. The number of esters is 1. The Kier molecular flexibility index (Phi) is 7.02. The summed E-state index contributed by atoms with van der Waals surface area (Å²) < 4.78 is 16.0. The van der Waals surface area contributed by atoms with Gasteiger partial charge in [-0.1, -0.05) is 6.42 Å². The number of nitrogens with one attached hydrogen (secondary N) is 1. The lowest BCUT2D eigenvalue weighted by molar-refractivity contribution is -0.140. The van der Waals surface area contributed by atoms with Crippen LogP contribution in [0.3, 0.4) is 0 Å². The fourth-order valence-corrected chi connectivity index (χ4v) is 4.38. The van der Waals surface area contributed by atoms with Crippen molar-refractivity contribution in [3.05, 3.63) is 68.0 Å². The predicted octanol–water partition coefficient (Wildman–Crippen LogP) is 2.88. The maximum Gasteiger partial charge on any atom is 0.306 e. The monoisotopic (exact) mass is 468 g/mol. The van der Waals surface area contributed by atoms with Gasteiger partial charge in [-0.25, -0.2) is 0 Å². The number of nitrogens with zero attached hydrogens (tertiary/aromatic N) is 1. The predicted molar refractivity (Wildman–Crippen MR) is 125 cm³/mol. The van der Waals surface area contributed by atoms with Crippen LogP contribution in [0.2, 0.25) is 0 Å². The highest BCUT2D eigenvalue weighted by molar-refractivity contribution is 5.81. The van der Waals surface area contributed by atoms with E-state index < -0.39 is 28.6 Å². The second-order valence-electron chi connectivity index (χ2n) is 8.47. The van der Waals surface area contributed by atoms with Crippen LogP contribution in [0, 0.1) is 0 Å². The Bertz CT molecular complexity index is 1300. The molecule has 1 aromatic carbocycles. The molecule has 1 atom stereocenters. The molecule has 9 nitrogen and oxygen atoms in total. The van der Waals surface area contributed by atoms with Gasteiger partial charge in [0.2, 0.25) is 11.2 Å². The minimum absolute atomic E-state index is 0.122. The summed E-state index contributed by atoms with van der Waals surface area (Å²) in [4.78, 5) is 42.9. The van der Waals surface area contributed by atoms with Gasteiger partial charge in [0.25, 0.3) is 5.56 Å². The van der Waals surface area contributed by atoms with E-state index in [2.05, 4.69) is 9.88 Å². The number of fused-ring (bicyclic) bond motifs is 1. The molecular weight excluding hydrogens is 440 g/mol. The van der Waals surface area contributed by atoms with E-state index in [0.717, 1.165) is 25.9 Å². The number of pyridine rings is 1. The molecule has 1 fully saturated rings. The number of H-pyrrole nitrogens is 1. The topological polar surface area (TPSA) is 122 Å². The van der Waals surface area contributed by atoms with E-state index in [4.69, 9.17) is 13.9 Å². The van der Waals surface area contributed by atoms with Gasteiger partial charge in [-0.15, -0.1) is 0 Å². The first kappa shape index (κ1) is 23.6. The van der Waals surface area contributed by atoms with Crippen molar-refractivity contribution >= 4 is 16.9 Å². The largest absolute Gasteiger partial charge is 0.502 e. The molecule has 1 saturated heterocycles. The quantitative estimate of drug-likeness (QED) is 0.508. The lowest BCUT2D eigenvalue weighted by Gasteiger charge is -2.26. The maximum absolute atomic E-state index is 13.1. The number of aromatic nitrogens is 1. The van der Waals surface area contributed by atoms with Crippen molar-refractivity contribution in [1.29, 1.82) is 0 Å². The number of aromatic hydroxyl groups is 1. The molecule has 0 radical (unpaired) electrons. The fourth-order valence-electron chi connectivity index (χ4n) is 4.38. The Morgan fingerprint density at radius 2 is 1.91 bits per heavy atom. The SMILES string of the molecule is COC(=O)C[C@@H](c1oc(CN2CCCCC2)cc(=O)c1O)c1cc2ccc(OC)cc2[nH]c1=O. The molecule has 2 N–H and O–H groups in total. The zero-order valence-electron chi connectivity index (χ0n) is 19.3. The summed E-state index contributed by atoms with van der Waals surface area (Å²) >= 11 is 0. The number of piperidine rings is 1. The smallest absolute Gasteiger partial charge is 0.306 e. The molecule has 0 aliphatic carbocycles. The van der Waals surface area contributed by atoms with Crippen LogP contribution in [-0.4, -0.2) is 48.3 Å². The first-order valence-electron chi connectivity index (χ1n) is 11.3. The minimum atomic E-state index is -1.02. The first-order valence-corrected chi connectivity index (χ1v) is 11.3. The first-order chi connectivity index (χ1) is 16.4. The van der Waals surface area contributed by atoms with Crippen LogP contribution >= 0.6 is 0 Å². The van der Waals surface area contributed by atoms with E-state index in [1.165, 1.54) is 26.7 Å². The average molecular weight is 469 g/mol. The number of hydrogen-bond donors (Lipinski definition) is 2. The van der Waals surface area contributed by atoms with Crippen LogP contribution in [-0.2, 0) is 16.1 Å². The summed E-state index contributed by atoms with van der Waals surface area (Å²) in [6.07, 6.45) is 3.01. The number of hydrogen-bond acceptors (Lipinski definition) is 8. The summed E-state index contributed by atoms with van der Waals surface area (Å²) in [6, 6.07) is 8.09. The number of ether oxygens (including phenoxy) is 2. The molecule has 34 heavy (non-hydrogen) atoms. The van der Waals surface area contributed by atoms with Crippen LogP contribution in [0.15, 0.2) is 44.3 Å². The van der Waals surface area contributed by atoms with Crippen molar-refractivity contribution in [1.82, 2.24) is 9.88 Å². The Morgan fingerprint density at radius 1 is 1.15 bits per heavy atom. The lowest BCUT2D eigenvalue weighted by atomic mass is 9.92. The summed E-state index contributed by atoms with van der Waals surface area (Å²) in [6.45, 7) is 2.18. The molecule has 0 spiro atoms. The molecule has 0 unspecified atom stereocenters. The zero-order valence-corrected chi connectivity index (χ0v) is 19.3. The van der Waals surface area contributed by atoms with E-state index in [1.54, 1.807) is 24.3 Å². The molecule has 0 amide bonds. The summed E-state index contributed by atoms with van der Waals surface area (Å²) in [5.74, 6) is -1.42. The summed E-state index contributed by atoms with van der Waals surface area (Å²) in [7, 11) is 2.76. The number of carbonyl (C=O) groups is 1. The number of aromatic amines is 1. The second kappa shape index (κ2) is 10.1. The van der Waals surface area contributed by atoms with Crippen molar-refractivity contribution in [3.63, 3.8) is 0 Å². The number of methoxy groups -OCH3 is 2. The number of rotatable bonds is 7. The molecule has 4 rings (SSSR count). The van der Waals surface area contributed by atoms with Crippen molar-refractivity contribution < 1.29 is 23.8 Å². The Morgan fingerprint density at radius 3 is 2.62 bits per heavy atom. The zero-order chi connectivity index (χ0) is 24.2. The van der Waals surface area contributed by atoms with Gasteiger partial charge >= 0.3 is 5.97 Å². The van der Waals surface area contributed by atoms with Crippen LogP contribution < -0.4 is 15.7 Å². The van der Waals surface area contributed by atoms with Crippen molar-refractivity contribution in [2.45, 2.75) is 38.1 Å². The summed E-state index contributed by atoms with van der Waals surface area (Å²) in [5, 5.41) is 11.3. The average Bonchev–Trinajstić information content (AvgIpc) is 2.84.